The van der Waals surface area contributed by atoms with E-state index in [2.05, 4.69) is 0 Å². The predicted molar refractivity (Wildman–Crippen MR) is 61.6 cm³/mol. The summed E-state index contributed by atoms with van der Waals surface area (Å²) in [6, 6.07) is 0.799. The smallest absolute Gasteiger partial charge is 0.290 e. The summed E-state index contributed by atoms with van der Waals surface area (Å²) >= 11 is 0. The van der Waals surface area contributed by atoms with Crippen molar-refractivity contribution in [1.82, 2.24) is 4.13 Å². The molecule has 0 aromatic rings. The van der Waals surface area contributed by atoms with Crippen molar-refractivity contribution >= 4 is 25.8 Å². The molecule has 0 atom stereocenters. The first-order chi connectivity index (χ1) is 11.6. The number of halogens is 9. The van der Waals surface area contributed by atoms with Crippen LogP contribution in [0, 0.1) is 28.6 Å². The van der Waals surface area contributed by atoms with Gasteiger partial charge in [-0.2, -0.15) is 50.0 Å². The lowest BCUT2D eigenvalue weighted by Gasteiger charge is -2.31. The highest BCUT2D eigenvalue weighted by Crippen LogP contribution is 2.49. The Kier molecular flexibility index (Phi) is 6.27. The van der Waals surface area contributed by atoms with Crippen molar-refractivity contribution in [1.29, 1.82) is 10.5 Å². The van der Waals surface area contributed by atoms with Crippen molar-refractivity contribution in [2.75, 3.05) is 0 Å². The van der Waals surface area contributed by atoms with Crippen LogP contribution >= 0.6 is 0 Å². The average molecular weight is 455 g/mol. The number of rotatable bonds is 7. The third-order valence-electron chi connectivity index (χ3n) is 2.45. The number of hydrogen-bond acceptors (Lipinski definition) is 7. The highest BCUT2D eigenvalue weighted by Gasteiger charge is 2.81. The second-order valence-electron chi connectivity index (χ2n) is 4.26. The summed E-state index contributed by atoms with van der Waals surface area (Å²) in [7, 11) is -15.0. The Labute approximate surface area is 143 Å². The molecule has 0 aliphatic heterocycles. The van der Waals surface area contributed by atoms with E-state index < -0.39 is 58.5 Å². The zero-order valence-electron chi connectivity index (χ0n) is 11.7. The van der Waals surface area contributed by atoms with Gasteiger partial charge in [0.15, 0.2) is 5.92 Å². The first-order valence-electron chi connectivity index (χ1n) is 5.45. The van der Waals surface area contributed by atoms with Gasteiger partial charge in [-0.3, -0.25) is 4.79 Å². The van der Waals surface area contributed by atoms with E-state index in [0.29, 0.717) is 12.1 Å². The van der Waals surface area contributed by atoms with E-state index in [1.807, 2.05) is 0 Å². The van der Waals surface area contributed by atoms with Gasteiger partial charge in [0.25, 0.3) is 10.0 Å². The van der Waals surface area contributed by atoms with Crippen molar-refractivity contribution < 1.29 is 61.1 Å². The molecule has 0 aliphatic carbocycles. The van der Waals surface area contributed by atoms with E-state index in [0.717, 1.165) is 0 Å². The van der Waals surface area contributed by atoms with Crippen molar-refractivity contribution in [3.8, 4) is 12.1 Å². The second-order valence-corrected chi connectivity index (χ2v) is 7.91. The van der Waals surface area contributed by atoms with E-state index in [9.17, 15) is 61.1 Å². The number of nitrogens with zero attached hydrogens (tertiary/aromatic N) is 2. The number of carbonyl (C=O) groups excluding carboxylic acids is 1. The zero-order valence-corrected chi connectivity index (χ0v) is 13.4. The summed E-state index contributed by atoms with van der Waals surface area (Å²) in [6.07, 6.45) is 0. The number of hydrogen-bond donors (Lipinski definition) is 1. The van der Waals surface area contributed by atoms with E-state index in [1.54, 1.807) is 0 Å². The molecule has 1 N–H and O–H groups in total. The van der Waals surface area contributed by atoms with Crippen LogP contribution in [0.1, 0.15) is 0 Å². The van der Waals surface area contributed by atoms with Crippen LogP contribution in [0.5, 0.6) is 0 Å². The van der Waals surface area contributed by atoms with E-state index in [4.69, 9.17) is 10.5 Å². The lowest BCUT2D eigenvalue weighted by atomic mass is 9.97. The molecule has 0 unspecified atom stereocenters. The summed E-state index contributed by atoms with van der Waals surface area (Å²) in [4.78, 5) is 11.0. The molecule has 0 heterocycles. The van der Waals surface area contributed by atoms with Crippen LogP contribution in [0.4, 0.5) is 39.5 Å². The molecule has 0 saturated carbocycles. The number of Topliss-reactive ketones (excluding diaryl/α,β-unsaturated/α-hetero) is 1. The monoisotopic (exact) mass is 455 g/mol. The Morgan fingerprint density at radius 3 is 1.48 bits per heavy atom. The standard InChI is InChI=1S/C8H2F9N3O5S2/c9-5(10,4(21)3(1-18)2-19)6(11,12)7(13,14)26(22,23)20-27(24,25)8(15,16)17/h3,20H. The van der Waals surface area contributed by atoms with Gasteiger partial charge in [0.1, 0.15) is 0 Å². The van der Waals surface area contributed by atoms with Gasteiger partial charge in [-0.25, -0.2) is 16.8 Å². The van der Waals surface area contributed by atoms with Crippen molar-refractivity contribution in [2.24, 2.45) is 5.92 Å². The Hall–Kier alpha value is -2.12. The fourth-order valence-electron chi connectivity index (χ4n) is 1.08. The van der Waals surface area contributed by atoms with Gasteiger partial charge in [0, 0.05) is 0 Å². The SMILES string of the molecule is N#CC(C#N)C(=O)C(F)(F)C(F)(F)C(F)(F)S(=O)(=O)NS(=O)(=O)C(F)(F)F. The molecule has 0 rings (SSSR count). The van der Waals surface area contributed by atoms with Crippen molar-refractivity contribution in [2.45, 2.75) is 22.6 Å². The Balaban J connectivity index is 6.38. The molecule has 0 amide bonds. The first kappa shape index (κ1) is 24.9. The minimum absolute atomic E-state index is 0.399. The molecule has 8 nitrogen and oxygen atoms in total. The summed E-state index contributed by atoms with van der Waals surface area (Å²) in [6.45, 7) is 0. The topological polar surface area (TPSA) is 145 Å². The number of nitrogens with one attached hydrogen (secondary N) is 1. The van der Waals surface area contributed by atoms with E-state index >= 15 is 0 Å². The highest BCUT2D eigenvalue weighted by atomic mass is 32.3. The molecular weight excluding hydrogens is 453 g/mol. The lowest BCUT2D eigenvalue weighted by molar-refractivity contribution is -0.268. The van der Waals surface area contributed by atoms with Crippen LogP contribution in [0.2, 0.25) is 0 Å². The van der Waals surface area contributed by atoms with Gasteiger partial charge in [-0.05, 0) is 0 Å². The number of ketones is 1. The minimum Gasteiger partial charge on any atom is -0.290 e. The molecule has 19 heteroatoms. The molecule has 0 aromatic carbocycles. The Morgan fingerprint density at radius 1 is 0.815 bits per heavy atom. The van der Waals surface area contributed by atoms with Crippen LogP contribution in [0.25, 0.3) is 0 Å². The fourth-order valence-corrected chi connectivity index (χ4v) is 3.50. The van der Waals surface area contributed by atoms with Crippen LogP contribution in [0.3, 0.4) is 0 Å². The molecule has 0 aliphatic rings. The normalized spacial score (nSPS) is 14.5. The highest BCUT2D eigenvalue weighted by molar-refractivity contribution is 8.05. The number of nitriles is 2. The molecule has 0 radical (unpaired) electrons. The van der Waals surface area contributed by atoms with Crippen LogP contribution in [0.15, 0.2) is 0 Å². The van der Waals surface area contributed by atoms with Gasteiger partial charge in [-0.1, -0.05) is 4.13 Å². The van der Waals surface area contributed by atoms with Crippen molar-refractivity contribution in [3.05, 3.63) is 0 Å². The van der Waals surface area contributed by atoms with Crippen molar-refractivity contribution in [3.63, 3.8) is 0 Å². The second kappa shape index (κ2) is 6.80. The molecule has 0 saturated heterocycles. The average Bonchev–Trinajstić information content (AvgIpc) is 2.45. The molecule has 154 valence electrons. The van der Waals surface area contributed by atoms with Gasteiger partial charge in [-0.15, -0.1) is 0 Å². The van der Waals surface area contributed by atoms with Crippen LogP contribution < -0.4 is 4.13 Å². The quantitative estimate of drug-likeness (QED) is 0.561. The van der Waals surface area contributed by atoms with Crippen LogP contribution in [-0.2, 0) is 24.8 Å². The summed E-state index contributed by atoms with van der Waals surface area (Å²) < 4.78 is 158. The van der Waals surface area contributed by atoms with E-state index in [-0.39, 0.29) is 0 Å². The summed E-state index contributed by atoms with van der Waals surface area (Å²) in [5.74, 6) is -21.0. The minimum atomic E-state index is -7.75. The van der Waals surface area contributed by atoms with Crippen LogP contribution in [-0.4, -0.2) is 45.2 Å². The fraction of sp³-hybridized carbons (Fsp3) is 0.625. The predicted octanol–water partition coefficient (Wildman–Crippen LogP) is 0.851. The molecule has 0 spiro atoms. The lowest BCUT2D eigenvalue weighted by Crippen LogP contribution is -2.64. The number of carbonyl (C=O) groups is 1. The first-order valence-corrected chi connectivity index (χ1v) is 8.42. The maximum absolute atomic E-state index is 13.4. The largest absolute Gasteiger partial charge is 0.512 e. The maximum Gasteiger partial charge on any atom is 0.512 e. The molecule has 27 heavy (non-hydrogen) atoms. The number of sulfonamides is 2. The zero-order chi connectivity index (χ0) is 22.3. The molecule has 0 fully saturated rings. The van der Waals surface area contributed by atoms with E-state index in [1.165, 1.54) is 0 Å². The molecular formula is C8H2F9N3O5S2. The molecule has 0 bridgehead atoms. The molecule has 0 aromatic heterocycles. The van der Waals surface area contributed by atoms with Gasteiger partial charge < -0.3 is 0 Å². The van der Waals surface area contributed by atoms with Gasteiger partial charge in [0.2, 0.25) is 5.78 Å². The third-order valence-corrected chi connectivity index (χ3v) is 5.75. The van der Waals surface area contributed by atoms with Gasteiger partial charge >= 0.3 is 32.6 Å². The maximum atomic E-state index is 13.4. The Bertz CT molecular complexity index is 897. The Morgan fingerprint density at radius 2 is 1.19 bits per heavy atom. The third kappa shape index (κ3) is 3.94. The van der Waals surface area contributed by atoms with Gasteiger partial charge in [0.05, 0.1) is 12.1 Å². The number of alkyl halides is 9. The summed E-state index contributed by atoms with van der Waals surface area (Å²) in [5.41, 5.74) is -6.63. The summed E-state index contributed by atoms with van der Waals surface area (Å²) in [5, 5.41) is 8.95.